The first-order valence-electron chi connectivity index (χ1n) is 8.85. The number of carbonyl (C=O) groups excluding carboxylic acids is 1. The van der Waals surface area contributed by atoms with E-state index < -0.39 is 15.9 Å². The van der Waals surface area contributed by atoms with Crippen LogP contribution in [-0.2, 0) is 15.4 Å². The monoisotopic (exact) mass is 423 g/mol. The van der Waals surface area contributed by atoms with Gasteiger partial charge < -0.3 is 9.47 Å². The molecule has 6 nitrogen and oxygen atoms in total. The first-order valence-corrected chi connectivity index (χ1v) is 10.7. The molecule has 2 aromatic carbocycles. The van der Waals surface area contributed by atoms with Gasteiger partial charge in [0, 0.05) is 12.0 Å². The highest BCUT2D eigenvalue weighted by atomic mass is 35.5. The van der Waals surface area contributed by atoms with Crippen molar-refractivity contribution < 1.29 is 22.7 Å². The number of rotatable bonds is 3. The highest BCUT2D eigenvalue weighted by molar-refractivity contribution is 7.90. The number of hydrogen-bond donors (Lipinski definition) is 1. The van der Waals surface area contributed by atoms with Crippen LogP contribution >= 0.6 is 11.6 Å². The Labute approximate surface area is 169 Å². The minimum absolute atomic E-state index is 0.00860. The minimum Gasteiger partial charge on any atom is -0.489 e. The number of sulfonamides is 1. The summed E-state index contributed by atoms with van der Waals surface area (Å²) in [6.07, 6.45) is 0.686. The van der Waals surface area contributed by atoms with Gasteiger partial charge in [-0.05, 0) is 35.2 Å². The Balaban J connectivity index is 1.84. The zero-order chi connectivity index (χ0) is 20.5. The molecule has 0 fully saturated rings. The van der Waals surface area contributed by atoms with E-state index in [0.717, 1.165) is 5.56 Å². The van der Waals surface area contributed by atoms with Crippen molar-refractivity contribution in [1.29, 1.82) is 0 Å². The minimum atomic E-state index is -4.03. The average Bonchev–Trinajstić information content (AvgIpc) is 2.86. The Morgan fingerprint density at radius 2 is 1.71 bits per heavy atom. The van der Waals surface area contributed by atoms with Crippen molar-refractivity contribution in [2.45, 2.75) is 37.5 Å². The van der Waals surface area contributed by atoms with E-state index in [2.05, 4.69) is 4.72 Å². The highest BCUT2D eigenvalue weighted by Crippen LogP contribution is 2.38. The van der Waals surface area contributed by atoms with Crippen molar-refractivity contribution in [2.24, 2.45) is 0 Å². The summed E-state index contributed by atoms with van der Waals surface area (Å²) in [7, 11) is -4.03. The number of hydrogen-bond acceptors (Lipinski definition) is 5. The van der Waals surface area contributed by atoms with Gasteiger partial charge in [0.05, 0.1) is 23.1 Å². The van der Waals surface area contributed by atoms with E-state index in [1.807, 2.05) is 20.8 Å². The molecule has 150 valence electrons. The fraction of sp³-hybridized carbons (Fsp3) is 0.350. The molecule has 28 heavy (non-hydrogen) atoms. The number of amides is 1. The van der Waals surface area contributed by atoms with Crippen LogP contribution in [0.5, 0.6) is 11.5 Å². The van der Waals surface area contributed by atoms with Crippen LogP contribution in [0.3, 0.4) is 0 Å². The third kappa shape index (κ3) is 4.42. The van der Waals surface area contributed by atoms with E-state index in [4.69, 9.17) is 21.1 Å². The van der Waals surface area contributed by atoms with Gasteiger partial charge in [0.25, 0.3) is 15.9 Å². The van der Waals surface area contributed by atoms with Gasteiger partial charge in [0.1, 0.15) is 0 Å². The Morgan fingerprint density at radius 1 is 1.07 bits per heavy atom. The standard InChI is InChI=1S/C20H22ClNO5S/c1-20(2,3)14-5-7-15(8-6-14)28(24,25)22-19(23)13-11-16(21)18-17(12-13)26-9-4-10-27-18/h5-8,11-12H,4,9-10H2,1-3H3,(H,22,23). The maximum atomic E-state index is 12.6. The fourth-order valence-corrected chi connectivity index (χ4v) is 3.98. The summed E-state index contributed by atoms with van der Waals surface area (Å²) >= 11 is 6.18. The predicted molar refractivity (Wildman–Crippen MR) is 107 cm³/mol. The fourth-order valence-electron chi connectivity index (χ4n) is 2.74. The molecule has 3 rings (SSSR count). The van der Waals surface area contributed by atoms with Crippen molar-refractivity contribution in [3.8, 4) is 11.5 Å². The van der Waals surface area contributed by atoms with Crippen molar-refractivity contribution in [2.75, 3.05) is 13.2 Å². The lowest BCUT2D eigenvalue weighted by Gasteiger charge is -2.19. The molecule has 0 saturated heterocycles. The normalized spacial score (nSPS) is 14.3. The van der Waals surface area contributed by atoms with Crippen LogP contribution in [0.25, 0.3) is 0 Å². The molecule has 8 heteroatoms. The summed E-state index contributed by atoms with van der Waals surface area (Å²) in [5.74, 6) is -0.115. The molecule has 0 bridgehead atoms. The molecule has 2 aromatic rings. The molecule has 1 aliphatic rings. The molecule has 0 atom stereocenters. The summed E-state index contributed by atoms with van der Waals surface area (Å²) < 4.78 is 38.3. The quantitative estimate of drug-likeness (QED) is 0.809. The second-order valence-corrected chi connectivity index (χ2v) is 9.63. The molecular formula is C20H22ClNO5S. The Kier molecular flexibility index (Phi) is 5.59. The number of halogens is 1. The van der Waals surface area contributed by atoms with E-state index in [1.165, 1.54) is 24.3 Å². The molecule has 0 saturated carbocycles. The second-order valence-electron chi connectivity index (χ2n) is 7.54. The van der Waals surface area contributed by atoms with Crippen LogP contribution in [0.1, 0.15) is 43.1 Å². The lowest BCUT2D eigenvalue weighted by atomic mass is 9.87. The van der Waals surface area contributed by atoms with Gasteiger partial charge >= 0.3 is 0 Å². The van der Waals surface area contributed by atoms with Crippen LogP contribution in [0, 0.1) is 0 Å². The zero-order valence-corrected chi connectivity index (χ0v) is 17.5. The Morgan fingerprint density at radius 3 is 2.36 bits per heavy atom. The topological polar surface area (TPSA) is 81.7 Å². The number of carbonyl (C=O) groups is 1. The number of benzene rings is 2. The van der Waals surface area contributed by atoms with E-state index in [0.29, 0.717) is 31.1 Å². The maximum Gasteiger partial charge on any atom is 0.265 e. The summed E-state index contributed by atoms with van der Waals surface area (Å²) in [5, 5.41) is 0.191. The van der Waals surface area contributed by atoms with Crippen molar-refractivity contribution in [3.05, 3.63) is 52.5 Å². The molecule has 1 N–H and O–H groups in total. The van der Waals surface area contributed by atoms with Gasteiger partial charge in [-0.15, -0.1) is 0 Å². The van der Waals surface area contributed by atoms with E-state index >= 15 is 0 Å². The second kappa shape index (κ2) is 7.64. The molecular weight excluding hydrogens is 402 g/mol. The van der Waals surface area contributed by atoms with Crippen molar-refractivity contribution in [3.63, 3.8) is 0 Å². The van der Waals surface area contributed by atoms with Gasteiger partial charge in [-0.1, -0.05) is 44.5 Å². The van der Waals surface area contributed by atoms with Gasteiger partial charge in [-0.25, -0.2) is 13.1 Å². The molecule has 1 aliphatic heterocycles. The lowest BCUT2D eigenvalue weighted by molar-refractivity contribution is 0.0981. The predicted octanol–water partition coefficient (Wildman–Crippen LogP) is 3.92. The first kappa shape index (κ1) is 20.5. The highest BCUT2D eigenvalue weighted by Gasteiger charge is 2.23. The Hall–Kier alpha value is -2.25. The van der Waals surface area contributed by atoms with Crippen LogP contribution in [0.15, 0.2) is 41.3 Å². The number of fused-ring (bicyclic) bond motifs is 1. The van der Waals surface area contributed by atoms with Crippen molar-refractivity contribution >= 4 is 27.5 Å². The first-order chi connectivity index (χ1) is 13.1. The van der Waals surface area contributed by atoms with E-state index in [9.17, 15) is 13.2 Å². The third-order valence-corrected chi connectivity index (χ3v) is 5.95. The lowest BCUT2D eigenvalue weighted by Crippen LogP contribution is -2.30. The Bertz CT molecular complexity index is 994. The summed E-state index contributed by atoms with van der Waals surface area (Å²) in [4.78, 5) is 12.5. The molecule has 0 aromatic heterocycles. The van der Waals surface area contributed by atoms with Crippen LogP contribution < -0.4 is 14.2 Å². The third-order valence-electron chi connectivity index (χ3n) is 4.32. The maximum absolute atomic E-state index is 12.6. The van der Waals surface area contributed by atoms with Gasteiger partial charge in [-0.2, -0.15) is 0 Å². The van der Waals surface area contributed by atoms with Crippen LogP contribution in [-0.4, -0.2) is 27.5 Å². The van der Waals surface area contributed by atoms with Crippen molar-refractivity contribution in [1.82, 2.24) is 4.72 Å². The zero-order valence-electron chi connectivity index (χ0n) is 15.9. The van der Waals surface area contributed by atoms with Gasteiger partial charge in [-0.3, -0.25) is 4.79 Å². The van der Waals surface area contributed by atoms with Crippen LogP contribution in [0.4, 0.5) is 0 Å². The summed E-state index contributed by atoms with van der Waals surface area (Å²) in [6, 6.07) is 9.24. The van der Waals surface area contributed by atoms with Gasteiger partial charge in [0.2, 0.25) is 0 Å². The van der Waals surface area contributed by atoms with Crippen LogP contribution in [0.2, 0.25) is 5.02 Å². The number of ether oxygens (including phenoxy) is 2. The molecule has 0 unspecified atom stereocenters. The molecule has 0 aliphatic carbocycles. The van der Waals surface area contributed by atoms with E-state index in [-0.39, 0.29) is 20.9 Å². The summed E-state index contributed by atoms with van der Waals surface area (Å²) in [5.41, 5.74) is 0.961. The smallest absolute Gasteiger partial charge is 0.265 e. The largest absolute Gasteiger partial charge is 0.489 e. The van der Waals surface area contributed by atoms with Gasteiger partial charge in [0.15, 0.2) is 11.5 Å². The average molecular weight is 424 g/mol. The molecule has 1 amide bonds. The molecule has 0 spiro atoms. The summed E-state index contributed by atoms with van der Waals surface area (Å²) in [6.45, 7) is 6.98. The molecule has 0 radical (unpaired) electrons. The SMILES string of the molecule is CC(C)(C)c1ccc(S(=O)(=O)NC(=O)c2cc(Cl)c3c(c2)OCCCO3)cc1. The number of nitrogens with one attached hydrogen (secondary N) is 1. The van der Waals surface area contributed by atoms with E-state index in [1.54, 1.807) is 12.1 Å². The molecule has 1 heterocycles.